The predicted molar refractivity (Wildman–Crippen MR) is 108 cm³/mol. The smallest absolute Gasteiger partial charge is 0.353 e. The normalized spacial score (nSPS) is 21.3. The highest BCUT2D eigenvalue weighted by Crippen LogP contribution is 2.39. The highest BCUT2D eigenvalue weighted by atomic mass is 32.2. The molecule has 2 atom stereocenters. The van der Waals surface area contributed by atoms with Crippen molar-refractivity contribution >= 4 is 63.9 Å². The Morgan fingerprint density at radius 2 is 2.20 bits per heavy atom. The molecular formula is C14H15N9O5S2. The molecule has 14 nitrogen and oxygen atoms in total. The number of carbonyl (C=O) groups is 3. The fourth-order valence-corrected chi connectivity index (χ4v) is 4.59. The van der Waals surface area contributed by atoms with Gasteiger partial charge in [0.1, 0.15) is 22.8 Å². The Kier molecular flexibility index (Phi) is 5.88. The number of aliphatic carboxylic acids is 1. The molecule has 0 aliphatic carbocycles. The summed E-state index contributed by atoms with van der Waals surface area (Å²) in [6, 6.07) is -1.03. The van der Waals surface area contributed by atoms with Crippen molar-refractivity contribution in [2.75, 3.05) is 11.5 Å². The Labute approximate surface area is 176 Å². The van der Waals surface area contributed by atoms with Crippen molar-refractivity contribution in [2.45, 2.75) is 11.4 Å². The number of hydrogen-bond donors (Lipinski definition) is 7. The van der Waals surface area contributed by atoms with E-state index in [2.05, 4.69) is 26.0 Å². The number of thiazole rings is 1. The molecule has 1 aromatic rings. The predicted octanol–water partition coefficient (Wildman–Crippen LogP) is -1.89. The molecule has 9 N–H and O–H groups in total. The second-order valence-electron chi connectivity index (χ2n) is 5.84. The van der Waals surface area contributed by atoms with E-state index >= 15 is 0 Å². The molecule has 0 saturated carbocycles. The fraction of sp³-hybridized carbons (Fsp3) is 0.214. The van der Waals surface area contributed by atoms with E-state index < -0.39 is 40.9 Å². The molecule has 16 heteroatoms. The van der Waals surface area contributed by atoms with Crippen molar-refractivity contribution in [2.24, 2.45) is 16.0 Å². The molecule has 2 aliphatic rings. The number of oxime groups is 1. The Hall–Kier alpha value is -3.66. The maximum absolute atomic E-state index is 12.6. The van der Waals surface area contributed by atoms with E-state index in [0.717, 1.165) is 22.5 Å². The average Bonchev–Trinajstić information content (AvgIpc) is 3.11. The highest BCUT2D eigenvalue weighted by Gasteiger charge is 2.54. The summed E-state index contributed by atoms with van der Waals surface area (Å²) in [7, 11) is 0. The quantitative estimate of drug-likeness (QED) is 0.0831. The Morgan fingerprint density at radius 1 is 1.47 bits per heavy atom. The number of nitrogens with one attached hydrogen (secondary N) is 3. The number of thioether (sulfide) groups is 1. The van der Waals surface area contributed by atoms with Gasteiger partial charge in [-0.3, -0.25) is 19.9 Å². The van der Waals surface area contributed by atoms with Crippen LogP contribution in [0.4, 0.5) is 5.13 Å². The number of β-lactam (4-membered cyclic amide) rings is 1. The molecule has 30 heavy (non-hydrogen) atoms. The standard InChI is InChI=1S/C14H15N9O5S2/c15-13(16)21-18-1-4-2-29-11-7(10(25)23(11)8(4)12(26)27)20-9(24)6(22-28)5-3-30-14(17)19-5/h1,3,7,11,28H,2H2,(H2,17,19)(H,20,24)(H,26,27)(H4,15,16,21)/b18-1?,22-6-. The van der Waals surface area contributed by atoms with Gasteiger partial charge in [0, 0.05) is 16.7 Å². The van der Waals surface area contributed by atoms with Gasteiger partial charge >= 0.3 is 5.97 Å². The maximum Gasteiger partial charge on any atom is 0.353 e. The van der Waals surface area contributed by atoms with Crippen molar-refractivity contribution < 1.29 is 24.7 Å². The van der Waals surface area contributed by atoms with Gasteiger partial charge in [-0.05, 0) is 0 Å². The summed E-state index contributed by atoms with van der Waals surface area (Å²) in [5.41, 5.74) is 12.3. The average molecular weight is 453 g/mol. The van der Waals surface area contributed by atoms with Crippen LogP contribution in [0.5, 0.6) is 0 Å². The van der Waals surface area contributed by atoms with Crippen LogP contribution < -0.4 is 22.2 Å². The van der Waals surface area contributed by atoms with Crippen LogP contribution in [-0.4, -0.2) is 73.0 Å². The van der Waals surface area contributed by atoms with Crippen LogP contribution in [0.2, 0.25) is 0 Å². The number of hydrogen-bond acceptors (Lipinski definition) is 11. The fourth-order valence-electron chi connectivity index (χ4n) is 2.74. The summed E-state index contributed by atoms with van der Waals surface area (Å²) in [5.74, 6) is -3.12. The van der Waals surface area contributed by atoms with Crippen LogP contribution in [0.1, 0.15) is 5.69 Å². The third kappa shape index (κ3) is 3.90. The van der Waals surface area contributed by atoms with Crippen molar-refractivity contribution in [1.82, 2.24) is 20.6 Å². The van der Waals surface area contributed by atoms with Crippen LogP contribution in [-0.2, 0) is 14.4 Å². The molecule has 0 aromatic carbocycles. The van der Waals surface area contributed by atoms with Gasteiger partial charge in [-0.1, -0.05) is 5.16 Å². The van der Waals surface area contributed by atoms with Gasteiger partial charge in [0.05, 0.1) is 6.21 Å². The number of aromatic nitrogens is 1. The summed E-state index contributed by atoms with van der Waals surface area (Å²) in [6.45, 7) is 0. The summed E-state index contributed by atoms with van der Waals surface area (Å²) < 4.78 is 0. The molecular weight excluding hydrogens is 438 g/mol. The van der Waals surface area contributed by atoms with E-state index in [1.807, 2.05) is 0 Å². The molecule has 2 amide bonds. The van der Waals surface area contributed by atoms with Gasteiger partial charge in [0.2, 0.25) is 5.96 Å². The maximum atomic E-state index is 12.6. The number of carboxylic acids is 1. The van der Waals surface area contributed by atoms with Crippen molar-refractivity contribution in [3.63, 3.8) is 0 Å². The van der Waals surface area contributed by atoms with Gasteiger partial charge in [-0.2, -0.15) is 5.10 Å². The molecule has 158 valence electrons. The molecule has 0 spiro atoms. The first kappa shape index (κ1) is 21.1. The second kappa shape index (κ2) is 8.37. The molecule has 1 fully saturated rings. The van der Waals surface area contributed by atoms with Crippen molar-refractivity contribution in [3.05, 3.63) is 22.3 Å². The Bertz CT molecular complexity index is 1020. The summed E-state index contributed by atoms with van der Waals surface area (Å²) in [4.78, 5) is 41.6. The topological polar surface area (TPSA) is 232 Å². The van der Waals surface area contributed by atoms with E-state index in [0.29, 0.717) is 0 Å². The first-order chi connectivity index (χ1) is 14.2. The van der Waals surface area contributed by atoms with Crippen molar-refractivity contribution in [1.29, 1.82) is 5.41 Å². The third-order valence-corrected chi connectivity index (χ3v) is 5.95. The van der Waals surface area contributed by atoms with Gasteiger partial charge < -0.3 is 27.1 Å². The lowest BCUT2D eigenvalue weighted by Crippen LogP contribution is -2.71. The molecule has 0 bridgehead atoms. The largest absolute Gasteiger partial charge is 0.477 e. The Balaban J connectivity index is 1.77. The van der Waals surface area contributed by atoms with Crippen LogP contribution >= 0.6 is 23.1 Å². The zero-order chi connectivity index (χ0) is 22.0. The van der Waals surface area contributed by atoms with E-state index in [-0.39, 0.29) is 27.8 Å². The lowest BCUT2D eigenvalue weighted by atomic mass is 10.0. The molecule has 0 radical (unpaired) electrons. The third-order valence-electron chi connectivity index (χ3n) is 3.97. The highest BCUT2D eigenvalue weighted by molar-refractivity contribution is 8.00. The number of hydrazone groups is 1. The zero-order valence-corrected chi connectivity index (χ0v) is 16.5. The molecule has 3 heterocycles. The first-order valence-electron chi connectivity index (χ1n) is 8.03. The van der Waals surface area contributed by atoms with Crippen LogP contribution in [0.15, 0.2) is 26.9 Å². The van der Waals surface area contributed by atoms with Crippen LogP contribution in [0.25, 0.3) is 0 Å². The number of nitrogens with zero attached hydrogens (tertiary/aromatic N) is 4. The van der Waals surface area contributed by atoms with Crippen molar-refractivity contribution in [3.8, 4) is 0 Å². The number of anilines is 1. The molecule has 1 saturated heterocycles. The minimum Gasteiger partial charge on any atom is -0.477 e. The number of nitrogen functional groups attached to an aromatic ring is 1. The van der Waals surface area contributed by atoms with Crippen LogP contribution in [0.3, 0.4) is 0 Å². The number of rotatable bonds is 6. The number of amides is 2. The van der Waals surface area contributed by atoms with E-state index in [4.69, 9.17) is 22.1 Å². The second-order valence-corrected chi connectivity index (χ2v) is 7.84. The van der Waals surface area contributed by atoms with Crippen LogP contribution in [0, 0.1) is 5.41 Å². The monoisotopic (exact) mass is 453 g/mol. The van der Waals surface area contributed by atoms with Gasteiger partial charge in [0.25, 0.3) is 11.8 Å². The molecule has 1 aromatic heterocycles. The lowest BCUT2D eigenvalue weighted by molar-refractivity contribution is -0.150. The summed E-state index contributed by atoms with van der Waals surface area (Å²) >= 11 is 2.24. The van der Waals surface area contributed by atoms with Gasteiger partial charge in [-0.25, -0.2) is 15.2 Å². The molecule has 2 unspecified atom stereocenters. The van der Waals surface area contributed by atoms with Gasteiger partial charge in [-0.15, -0.1) is 23.1 Å². The summed E-state index contributed by atoms with van der Waals surface area (Å²) in [6.07, 6.45) is 1.16. The number of guanidine groups is 1. The Morgan fingerprint density at radius 3 is 2.77 bits per heavy atom. The van der Waals surface area contributed by atoms with E-state index in [1.165, 1.54) is 17.1 Å². The minimum absolute atomic E-state index is 0.0417. The molecule has 2 aliphatic heterocycles. The first-order valence-corrected chi connectivity index (χ1v) is 9.96. The number of fused-ring (bicyclic) bond motifs is 1. The lowest BCUT2D eigenvalue weighted by Gasteiger charge is -2.49. The minimum atomic E-state index is -1.35. The number of carboxylic acid groups (broad SMARTS) is 1. The van der Waals surface area contributed by atoms with E-state index in [1.54, 1.807) is 0 Å². The number of carbonyl (C=O) groups excluding carboxylic acids is 2. The van der Waals surface area contributed by atoms with E-state index in [9.17, 15) is 19.5 Å². The van der Waals surface area contributed by atoms with Gasteiger partial charge in [0.15, 0.2) is 10.8 Å². The zero-order valence-electron chi connectivity index (χ0n) is 14.9. The summed E-state index contributed by atoms with van der Waals surface area (Å²) in [5, 5.41) is 35.6. The SMILES string of the molecule is N=C(N)NN=CC1=C(C(=O)O)N2C(=O)C(NC(=O)/C(=N\O)c3csc(N)n3)C2SC1. The molecule has 3 rings (SSSR count). The number of nitrogens with two attached hydrogens (primary N) is 2.